The average Bonchev–Trinajstić information content (AvgIpc) is 3.41. The summed E-state index contributed by atoms with van der Waals surface area (Å²) in [7, 11) is 3.03. The number of likely N-dealkylation sites (tertiary alicyclic amines) is 1. The summed E-state index contributed by atoms with van der Waals surface area (Å²) >= 11 is 0. The van der Waals surface area contributed by atoms with Crippen LogP contribution in [0.4, 0.5) is 0 Å². The molecule has 0 aliphatic carbocycles. The lowest BCUT2D eigenvalue weighted by molar-refractivity contribution is -0.140. The van der Waals surface area contributed by atoms with Gasteiger partial charge in [-0.05, 0) is 31.2 Å². The van der Waals surface area contributed by atoms with E-state index in [0.717, 1.165) is 5.56 Å². The summed E-state index contributed by atoms with van der Waals surface area (Å²) in [6.07, 6.45) is 1.50. The van der Waals surface area contributed by atoms with Crippen LogP contribution < -0.4 is 9.47 Å². The molecule has 7 nitrogen and oxygen atoms in total. The maximum Gasteiger partial charge on any atom is 0.296 e. The summed E-state index contributed by atoms with van der Waals surface area (Å²) in [5.41, 5.74) is 2.00. The number of furan rings is 1. The van der Waals surface area contributed by atoms with E-state index in [4.69, 9.17) is 13.9 Å². The van der Waals surface area contributed by atoms with Crippen LogP contribution in [0.2, 0.25) is 0 Å². The number of methoxy groups -OCH3 is 2. The van der Waals surface area contributed by atoms with E-state index >= 15 is 0 Å². The van der Waals surface area contributed by atoms with Crippen molar-refractivity contribution in [1.82, 2.24) is 4.90 Å². The Kier molecular flexibility index (Phi) is 5.73. The maximum absolute atomic E-state index is 13.1. The molecule has 2 aromatic carbocycles. The number of nitrogens with zero attached hydrogens (tertiary/aromatic N) is 1. The summed E-state index contributed by atoms with van der Waals surface area (Å²) in [5.74, 6) is -0.231. The van der Waals surface area contributed by atoms with Crippen molar-refractivity contribution < 1.29 is 28.6 Å². The number of aryl methyl sites for hydroxylation is 1. The van der Waals surface area contributed by atoms with Crippen molar-refractivity contribution >= 4 is 17.4 Å². The van der Waals surface area contributed by atoms with Crippen LogP contribution in [-0.4, -0.2) is 35.9 Å². The average molecular weight is 433 g/mol. The smallest absolute Gasteiger partial charge is 0.296 e. The third-order valence-corrected chi connectivity index (χ3v) is 5.51. The fourth-order valence-corrected chi connectivity index (χ4v) is 3.85. The molecule has 3 aromatic rings. The van der Waals surface area contributed by atoms with Gasteiger partial charge in [-0.2, -0.15) is 0 Å². The first kappa shape index (κ1) is 21.2. The number of hydrogen-bond acceptors (Lipinski definition) is 6. The Bertz CT molecular complexity index is 1180. The number of ether oxygens (including phenoxy) is 2. The number of hydrogen-bond donors (Lipinski definition) is 1. The van der Waals surface area contributed by atoms with Gasteiger partial charge >= 0.3 is 0 Å². The molecule has 0 saturated carbocycles. The Morgan fingerprint density at radius 3 is 2.44 bits per heavy atom. The van der Waals surface area contributed by atoms with E-state index < -0.39 is 17.7 Å². The summed E-state index contributed by atoms with van der Waals surface area (Å²) in [5, 5.41) is 11.1. The largest absolute Gasteiger partial charge is 0.507 e. The molecule has 0 radical (unpaired) electrons. The fraction of sp³-hybridized carbons (Fsp3) is 0.200. The van der Waals surface area contributed by atoms with E-state index in [9.17, 15) is 14.7 Å². The van der Waals surface area contributed by atoms with E-state index in [0.29, 0.717) is 28.4 Å². The van der Waals surface area contributed by atoms with Crippen LogP contribution in [0.25, 0.3) is 5.76 Å². The zero-order valence-electron chi connectivity index (χ0n) is 18.0. The van der Waals surface area contributed by atoms with Crippen molar-refractivity contribution in [3.8, 4) is 11.5 Å². The molecule has 1 aromatic heterocycles. The molecule has 1 atom stereocenters. The minimum absolute atomic E-state index is 0.00567. The zero-order chi connectivity index (χ0) is 22.8. The van der Waals surface area contributed by atoms with Gasteiger partial charge in [0.05, 0.1) is 38.6 Å². The van der Waals surface area contributed by atoms with E-state index in [1.54, 1.807) is 42.5 Å². The molecule has 7 heteroatoms. The molecule has 1 amide bonds. The van der Waals surface area contributed by atoms with Crippen LogP contribution in [-0.2, 0) is 16.1 Å². The molecule has 32 heavy (non-hydrogen) atoms. The summed E-state index contributed by atoms with van der Waals surface area (Å²) in [4.78, 5) is 27.6. The number of benzene rings is 2. The first-order valence-electron chi connectivity index (χ1n) is 10.0. The molecule has 4 rings (SSSR count). The molecular weight excluding hydrogens is 410 g/mol. The van der Waals surface area contributed by atoms with Gasteiger partial charge in [-0.3, -0.25) is 9.59 Å². The van der Waals surface area contributed by atoms with Gasteiger partial charge in [0.15, 0.2) is 0 Å². The van der Waals surface area contributed by atoms with Crippen molar-refractivity contribution in [3.05, 3.63) is 88.9 Å². The SMILES string of the molecule is COc1ccc([C@@H]2/C(=C(\O)c3ccc(C)cc3)C(=O)C(=O)N2Cc2ccco2)c(OC)c1. The molecular formula is C25H23NO6. The minimum Gasteiger partial charge on any atom is -0.507 e. The van der Waals surface area contributed by atoms with Crippen LogP contribution in [0.3, 0.4) is 0 Å². The van der Waals surface area contributed by atoms with Crippen LogP contribution in [0.15, 0.2) is 70.9 Å². The molecule has 1 aliphatic rings. The third-order valence-electron chi connectivity index (χ3n) is 5.51. The van der Waals surface area contributed by atoms with Crippen molar-refractivity contribution in [3.63, 3.8) is 0 Å². The molecule has 0 bridgehead atoms. The van der Waals surface area contributed by atoms with Gasteiger partial charge in [0.25, 0.3) is 11.7 Å². The number of ketones is 1. The Morgan fingerprint density at radius 2 is 1.81 bits per heavy atom. The lowest BCUT2D eigenvalue weighted by Gasteiger charge is -2.26. The Morgan fingerprint density at radius 1 is 1.06 bits per heavy atom. The predicted molar refractivity (Wildman–Crippen MR) is 117 cm³/mol. The number of Topliss-reactive ketones (excluding diaryl/α,β-unsaturated/α-hetero) is 1. The fourth-order valence-electron chi connectivity index (χ4n) is 3.85. The molecule has 1 saturated heterocycles. The molecule has 1 N–H and O–H groups in total. The highest BCUT2D eigenvalue weighted by molar-refractivity contribution is 6.46. The lowest BCUT2D eigenvalue weighted by atomic mass is 9.94. The summed E-state index contributed by atoms with van der Waals surface area (Å²) < 4.78 is 16.2. The molecule has 0 spiro atoms. The second-order valence-corrected chi connectivity index (χ2v) is 7.48. The highest BCUT2D eigenvalue weighted by Crippen LogP contribution is 2.44. The Labute approximate surface area is 185 Å². The van der Waals surface area contributed by atoms with Gasteiger partial charge in [-0.15, -0.1) is 0 Å². The molecule has 164 valence electrons. The zero-order valence-corrected chi connectivity index (χ0v) is 18.0. The van der Waals surface area contributed by atoms with E-state index in [1.165, 1.54) is 25.4 Å². The number of rotatable bonds is 6. The topological polar surface area (TPSA) is 89.2 Å². The summed E-state index contributed by atoms with van der Waals surface area (Å²) in [6.45, 7) is 1.98. The summed E-state index contributed by atoms with van der Waals surface area (Å²) in [6, 6.07) is 14.8. The Balaban J connectivity index is 1.91. The maximum atomic E-state index is 13.1. The van der Waals surface area contributed by atoms with E-state index in [-0.39, 0.29) is 17.9 Å². The van der Waals surface area contributed by atoms with Gasteiger partial charge in [0.2, 0.25) is 0 Å². The van der Waals surface area contributed by atoms with Crippen molar-refractivity contribution in [2.45, 2.75) is 19.5 Å². The number of carbonyl (C=O) groups excluding carboxylic acids is 2. The van der Waals surface area contributed by atoms with Gasteiger partial charge in [0.1, 0.15) is 23.0 Å². The molecule has 2 heterocycles. The monoisotopic (exact) mass is 433 g/mol. The highest BCUT2D eigenvalue weighted by atomic mass is 16.5. The highest BCUT2D eigenvalue weighted by Gasteiger charge is 2.47. The second-order valence-electron chi connectivity index (χ2n) is 7.48. The van der Waals surface area contributed by atoms with Crippen molar-refractivity contribution in [1.29, 1.82) is 0 Å². The molecule has 1 fully saturated rings. The number of aliphatic hydroxyl groups excluding tert-OH is 1. The van der Waals surface area contributed by atoms with Gasteiger partial charge in [-0.1, -0.05) is 29.8 Å². The molecule has 1 aliphatic heterocycles. The van der Waals surface area contributed by atoms with Crippen molar-refractivity contribution in [2.75, 3.05) is 14.2 Å². The van der Waals surface area contributed by atoms with Crippen LogP contribution in [0.1, 0.15) is 28.5 Å². The standard InChI is InChI=1S/C25H23NO6/c1-15-6-8-16(9-7-15)23(27)21-22(19-11-10-17(30-2)13-20(19)31-3)26(25(29)24(21)28)14-18-5-4-12-32-18/h4-13,22,27H,14H2,1-3H3/b23-21+/t22-/m1/s1. The first-order valence-corrected chi connectivity index (χ1v) is 10.0. The van der Waals surface area contributed by atoms with E-state index in [1.807, 2.05) is 19.1 Å². The van der Waals surface area contributed by atoms with Crippen LogP contribution in [0.5, 0.6) is 11.5 Å². The third kappa shape index (κ3) is 3.73. The number of aliphatic hydroxyl groups is 1. The minimum atomic E-state index is -0.873. The quantitative estimate of drug-likeness (QED) is 0.356. The number of carbonyl (C=O) groups is 2. The first-order chi connectivity index (χ1) is 15.4. The van der Waals surface area contributed by atoms with Crippen LogP contribution in [0, 0.1) is 6.92 Å². The Hall–Kier alpha value is -4.00. The molecule has 0 unspecified atom stereocenters. The van der Waals surface area contributed by atoms with Crippen LogP contribution >= 0.6 is 0 Å². The van der Waals surface area contributed by atoms with Gasteiger partial charge in [0, 0.05) is 17.2 Å². The van der Waals surface area contributed by atoms with E-state index in [2.05, 4.69) is 0 Å². The second kappa shape index (κ2) is 8.63. The lowest BCUT2D eigenvalue weighted by Crippen LogP contribution is -2.29. The van der Waals surface area contributed by atoms with Crippen molar-refractivity contribution in [2.24, 2.45) is 0 Å². The van der Waals surface area contributed by atoms with Gasteiger partial charge in [-0.25, -0.2) is 0 Å². The van der Waals surface area contributed by atoms with Gasteiger partial charge < -0.3 is 23.9 Å². The predicted octanol–water partition coefficient (Wildman–Crippen LogP) is 4.23. The normalized spacial score (nSPS) is 17.6. The number of amides is 1.